The van der Waals surface area contributed by atoms with Crippen molar-refractivity contribution in [2.45, 2.75) is 206 Å². The summed E-state index contributed by atoms with van der Waals surface area (Å²) in [5.41, 5.74) is 20.3. The van der Waals surface area contributed by atoms with E-state index in [2.05, 4.69) is 125 Å². The molecule has 18 unspecified atom stereocenters. The van der Waals surface area contributed by atoms with Crippen molar-refractivity contribution in [3.8, 4) is 63.6 Å². The van der Waals surface area contributed by atoms with Crippen LogP contribution in [0.15, 0.2) is 102 Å². The molecule has 1 saturated heterocycles. The Bertz CT molecular complexity index is 4380. The van der Waals surface area contributed by atoms with Crippen LogP contribution in [-0.4, -0.2) is 113 Å². The van der Waals surface area contributed by atoms with Gasteiger partial charge in [-0.3, -0.25) is 4.79 Å². The molecule has 6 aliphatic heterocycles. The monoisotopic (exact) mass is 1430 g/mol. The highest BCUT2D eigenvalue weighted by Gasteiger charge is 2.59. The molecular weight excluding hydrogens is 1330 g/mol. The van der Waals surface area contributed by atoms with Crippen molar-refractivity contribution in [2.24, 2.45) is 41.2 Å². The molecule has 540 valence electrons. The molecule has 0 aromatic heterocycles. The number of aryl methyl sites for hydroxylation is 1. The van der Waals surface area contributed by atoms with Crippen LogP contribution in [-0.2, 0) is 57.3 Å². The first kappa shape index (κ1) is 69.2. The molecule has 0 amide bonds. The lowest BCUT2D eigenvalue weighted by molar-refractivity contribution is -0.141. The summed E-state index contributed by atoms with van der Waals surface area (Å²) < 4.78 is 35.2. The number of carbonyl (C=O) groups is 1. The number of aliphatic hydroxyl groups is 3. The minimum absolute atomic E-state index is 0.0234. The number of hydrogen-bond donors (Lipinski definition) is 9. The van der Waals surface area contributed by atoms with Crippen LogP contribution in [0.1, 0.15) is 183 Å². The number of rotatable bonds is 10. The SMILES string of the molecule is CCC1=CC2=C(C#CC3C#CC4Cc5cc6ccc5CCCC(NCc5c(O)c7c(c(c53)C3Oc5c(ccc8c5C5(CCC(C5)C2C62CCCCC2O)Cc2cc(O)cc(OCO)c2-8)C3COC(C)=O)C=CC2NC3CCCC(CSSC(Cc5ccccc5)C2O7)C3)C(CO)C4COC)NC1N. The average Bonchev–Trinajstić information content (AvgIpc) is 1.60. The third kappa shape index (κ3) is 12.2. The molecule has 6 aliphatic carbocycles. The van der Waals surface area contributed by atoms with Crippen molar-refractivity contribution in [3.05, 3.63) is 163 Å². The number of hydrogen-bond acceptors (Lipinski definition) is 17. The summed E-state index contributed by atoms with van der Waals surface area (Å²) in [7, 11) is 5.58. The van der Waals surface area contributed by atoms with Gasteiger partial charge in [0.25, 0.3) is 0 Å². The van der Waals surface area contributed by atoms with E-state index in [0.717, 1.165) is 114 Å². The van der Waals surface area contributed by atoms with E-state index in [4.69, 9.17) is 29.4 Å². The highest BCUT2D eigenvalue weighted by molar-refractivity contribution is 8.77. The molecule has 4 fully saturated rings. The van der Waals surface area contributed by atoms with Crippen LogP contribution in [0.4, 0.5) is 0 Å². The Labute approximate surface area is 613 Å². The molecule has 0 radical (unpaired) electrons. The Morgan fingerprint density at radius 1 is 0.883 bits per heavy atom. The first-order valence-corrected chi connectivity index (χ1v) is 40.7. The third-order valence-electron chi connectivity index (χ3n) is 26.3. The molecule has 10 N–H and O–H groups in total. The van der Waals surface area contributed by atoms with Gasteiger partial charge in [0.1, 0.15) is 42.0 Å². The molecule has 17 rings (SSSR count). The van der Waals surface area contributed by atoms with Gasteiger partial charge < -0.3 is 70.9 Å². The quantitative estimate of drug-likeness (QED) is 0.0274. The first-order valence-electron chi connectivity index (χ1n) is 38.3. The number of phenolic OH excluding ortho intramolecular Hbond substituents is 2. The predicted molar refractivity (Wildman–Crippen MR) is 403 cm³/mol. The van der Waals surface area contributed by atoms with Gasteiger partial charge in [-0.25, -0.2) is 0 Å². The van der Waals surface area contributed by atoms with E-state index in [-0.39, 0.29) is 84.2 Å². The van der Waals surface area contributed by atoms with Crippen LogP contribution in [0, 0.1) is 59.2 Å². The number of carbonyl (C=O) groups excluding carboxylic acids is 1. The Morgan fingerprint density at radius 2 is 1.77 bits per heavy atom. The summed E-state index contributed by atoms with van der Waals surface area (Å²) in [5, 5.41) is 75.0. The zero-order valence-corrected chi connectivity index (χ0v) is 61.1. The Balaban J connectivity index is 1.02. The average molecular weight is 1430 g/mol. The number of aliphatic hydroxyl groups excluding tert-OH is 3. The molecule has 17 heteroatoms. The smallest absolute Gasteiger partial charge is 0.302 e. The summed E-state index contributed by atoms with van der Waals surface area (Å²) in [5.74, 6) is 15.4. The molecule has 3 saturated carbocycles. The lowest BCUT2D eigenvalue weighted by atomic mass is 9.53. The molecule has 2 spiro atoms. The Kier molecular flexibility index (Phi) is 19.1. The molecule has 12 aliphatic rings. The van der Waals surface area contributed by atoms with E-state index in [9.17, 15) is 30.3 Å². The van der Waals surface area contributed by atoms with Crippen molar-refractivity contribution in [1.29, 1.82) is 0 Å². The van der Waals surface area contributed by atoms with Gasteiger partial charge in [0.2, 0.25) is 0 Å². The number of allylic oxidation sites excluding steroid dienone is 3. The van der Waals surface area contributed by atoms with Crippen LogP contribution >= 0.6 is 21.6 Å². The van der Waals surface area contributed by atoms with E-state index >= 15 is 0 Å². The van der Waals surface area contributed by atoms with Crippen LogP contribution < -0.4 is 35.9 Å². The number of dihydropyridines is 1. The van der Waals surface area contributed by atoms with E-state index in [1.54, 1.807) is 13.2 Å². The van der Waals surface area contributed by atoms with E-state index in [1.807, 2.05) is 27.7 Å². The Hall–Kier alpha value is -6.87. The van der Waals surface area contributed by atoms with Crippen molar-refractivity contribution in [1.82, 2.24) is 16.0 Å². The molecule has 18 atom stereocenters. The normalized spacial score (nSPS) is 33.4. The maximum atomic E-state index is 14.4. The lowest BCUT2D eigenvalue weighted by Crippen LogP contribution is -2.53. The van der Waals surface area contributed by atoms with Gasteiger partial charge in [-0.05, 0) is 170 Å². The number of methoxy groups -OCH3 is 1. The molecule has 15 nitrogen and oxygen atoms in total. The third-order valence-corrected chi connectivity index (χ3v) is 29.3. The number of nitrogens with two attached hydrogens (primary N) is 1. The maximum absolute atomic E-state index is 14.4. The second-order valence-electron chi connectivity index (χ2n) is 31.9. The highest BCUT2D eigenvalue weighted by Crippen LogP contribution is 2.67. The van der Waals surface area contributed by atoms with E-state index in [0.29, 0.717) is 104 Å². The fourth-order valence-electron chi connectivity index (χ4n) is 21.7. The standard InChI is InChI=1S/C86H98N4O11S2/c1-4-50-37-63-69(90-84(50)87)27-22-52-19-20-53-34-55-35-57-23-21-51(55)15-11-17-68(65(42-91)66(53)43-97-3)88-41-64-75(52)76(62-26-28-70-83(101-82(62)79(64)96)72(33-48-12-6-5-7-13-48)103-102-45-49-14-10-16-58(32-49)89-70)80-67(44-98-47(2)93)60-24-25-61-74-56(36-59(94)38-71(74)99-46-92)40-85(78(61)81(60)100-80)31-29-54(39-85)77(63)86(57)30-9-8-18-73(86)95/h5-7,12-13,21,23-26,28,35-38,49,52-54,58,65-68,70,72-73,77,80,83-84,88-92,94-96H,4,8-11,14-18,29-34,39-46,87H2,1-3H3. The molecule has 5 aromatic rings. The van der Waals surface area contributed by atoms with Crippen LogP contribution in [0.3, 0.4) is 0 Å². The number of nitrogens with one attached hydrogen (secondary N) is 3. The zero-order chi connectivity index (χ0) is 70.4. The predicted octanol–water partition coefficient (Wildman–Crippen LogP) is 12.7. The summed E-state index contributed by atoms with van der Waals surface area (Å²) in [6.45, 7) is 3.26. The maximum Gasteiger partial charge on any atom is 0.302 e. The van der Waals surface area contributed by atoms with Crippen LogP contribution in [0.5, 0.6) is 28.7 Å². The molecule has 103 heavy (non-hydrogen) atoms. The fraction of sp³-hybridized carbons (Fsp3) is 0.523. The van der Waals surface area contributed by atoms with Crippen molar-refractivity contribution >= 4 is 33.6 Å². The Morgan fingerprint density at radius 3 is 2.59 bits per heavy atom. The largest absolute Gasteiger partial charge is 0.508 e. The van der Waals surface area contributed by atoms with Gasteiger partial charge in [0, 0.05) is 119 Å². The fourth-order valence-corrected chi connectivity index (χ4v) is 24.9. The summed E-state index contributed by atoms with van der Waals surface area (Å²) in [4.78, 5) is 13.7. The van der Waals surface area contributed by atoms with Crippen molar-refractivity contribution < 1.29 is 54.0 Å². The zero-order valence-electron chi connectivity index (χ0n) is 59.4. The first-order chi connectivity index (χ1) is 50.3. The summed E-state index contributed by atoms with van der Waals surface area (Å²) in [6.07, 6.45) is 18.5. The number of esters is 1. The molecule has 12 bridgehead atoms. The van der Waals surface area contributed by atoms with E-state index in [1.165, 1.54) is 30.0 Å². The molecular formula is C86H98N4O11S2. The van der Waals surface area contributed by atoms with Gasteiger partial charge in [-0.2, -0.15) is 0 Å². The topological polar surface area (TPSA) is 226 Å². The van der Waals surface area contributed by atoms with E-state index < -0.39 is 59.9 Å². The van der Waals surface area contributed by atoms with Gasteiger partial charge in [-0.1, -0.05) is 144 Å². The molecule has 6 heterocycles. The van der Waals surface area contributed by atoms with Gasteiger partial charge in [-0.15, -0.1) is 0 Å². The van der Waals surface area contributed by atoms with Gasteiger partial charge in [0.05, 0.1) is 41.8 Å². The minimum atomic E-state index is -0.957. The molecule has 5 aromatic carbocycles. The number of aromatic hydroxyl groups is 2. The summed E-state index contributed by atoms with van der Waals surface area (Å²) >= 11 is 0. The lowest BCUT2D eigenvalue weighted by Gasteiger charge is -2.52. The summed E-state index contributed by atoms with van der Waals surface area (Å²) in [6, 6.07) is 25.2. The number of fused-ring (bicyclic) bond motifs is 16. The number of benzene rings is 5. The van der Waals surface area contributed by atoms with Crippen LogP contribution in [0.2, 0.25) is 0 Å². The van der Waals surface area contributed by atoms with Crippen LogP contribution in [0.25, 0.3) is 17.2 Å². The van der Waals surface area contributed by atoms with Gasteiger partial charge >= 0.3 is 5.97 Å². The number of ether oxygens (including phenoxy) is 5. The second-order valence-corrected chi connectivity index (χ2v) is 34.5. The van der Waals surface area contributed by atoms with Crippen molar-refractivity contribution in [2.75, 3.05) is 39.5 Å². The number of phenols is 2. The minimum Gasteiger partial charge on any atom is -0.508 e. The second kappa shape index (κ2) is 28.4. The van der Waals surface area contributed by atoms with Crippen molar-refractivity contribution in [3.63, 3.8) is 0 Å². The highest BCUT2D eigenvalue weighted by atomic mass is 33.1. The van der Waals surface area contributed by atoms with Gasteiger partial charge in [0.15, 0.2) is 18.3 Å².